The van der Waals surface area contributed by atoms with E-state index in [1.165, 1.54) is 0 Å². The quantitative estimate of drug-likeness (QED) is 0.917. The van der Waals surface area contributed by atoms with Gasteiger partial charge in [-0.15, -0.1) is 0 Å². The number of benzene rings is 2. The second-order valence-corrected chi connectivity index (χ2v) is 6.17. The van der Waals surface area contributed by atoms with Gasteiger partial charge in [-0.3, -0.25) is 0 Å². The number of carbonyl (C=O) groups excluding carboxylic acids is 1. The summed E-state index contributed by atoms with van der Waals surface area (Å²) in [4.78, 5) is 16.6. The Morgan fingerprint density at radius 3 is 2.65 bits per heavy atom. The van der Waals surface area contributed by atoms with Gasteiger partial charge in [-0.05, 0) is 24.3 Å². The molecule has 4 rings (SSSR count). The molecule has 2 heterocycles. The number of nitrogens with zero attached hydrogens (tertiary/aromatic N) is 2. The number of hydrogen-bond donors (Lipinski definition) is 1. The predicted octanol–water partition coefficient (Wildman–Crippen LogP) is 2.78. The molecule has 7 heteroatoms. The first kappa shape index (κ1) is 16.4. The summed E-state index contributed by atoms with van der Waals surface area (Å²) in [6.07, 6.45) is 0. The molecule has 0 aromatic heterocycles. The van der Waals surface area contributed by atoms with Crippen molar-refractivity contribution in [1.82, 2.24) is 4.90 Å². The predicted molar refractivity (Wildman–Crippen MR) is 98.4 cm³/mol. The lowest BCUT2D eigenvalue weighted by molar-refractivity contribution is 0.174. The number of urea groups is 1. The third-order valence-corrected chi connectivity index (χ3v) is 4.61. The van der Waals surface area contributed by atoms with Gasteiger partial charge in [0.05, 0.1) is 7.11 Å². The average molecular weight is 355 g/mol. The zero-order chi connectivity index (χ0) is 17.9. The Bertz CT molecular complexity index is 803. The molecule has 2 amide bonds. The van der Waals surface area contributed by atoms with Gasteiger partial charge in [-0.25, -0.2) is 4.79 Å². The molecule has 1 N–H and O–H groups in total. The fourth-order valence-corrected chi connectivity index (χ4v) is 3.15. The van der Waals surface area contributed by atoms with Crippen molar-refractivity contribution in [2.75, 3.05) is 50.3 Å². The molecule has 2 aromatic rings. The Balaban J connectivity index is 1.35. The van der Waals surface area contributed by atoms with Crippen LogP contribution in [0.15, 0.2) is 42.5 Å². The number of methoxy groups -OCH3 is 1. The lowest BCUT2D eigenvalue weighted by Gasteiger charge is -2.36. The van der Waals surface area contributed by atoms with E-state index in [1.54, 1.807) is 13.2 Å². The van der Waals surface area contributed by atoms with Crippen molar-refractivity contribution in [1.29, 1.82) is 0 Å². The summed E-state index contributed by atoms with van der Waals surface area (Å²) in [5.74, 6) is 2.28. The highest BCUT2D eigenvalue weighted by atomic mass is 16.7. The molecule has 1 saturated heterocycles. The van der Waals surface area contributed by atoms with Crippen LogP contribution in [0, 0.1) is 0 Å². The summed E-state index contributed by atoms with van der Waals surface area (Å²) >= 11 is 0. The van der Waals surface area contributed by atoms with Crippen LogP contribution in [0.2, 0.25) is 0 Å². The highest BCUT2D eigenvalue weighted by molar-refractivity contribution is 5.89. The maximum Gasteiger partial charge on any atom is 0.321 e. The first-order valence-corrected chi connectivity index (χ1v) is 8.57. The van der Waals surface area contributed by atoms with E-state index >= 15 is 0 Å². The minimum Gasteiger partial charge on any atom is -0.497 e. The SMILES string of the molecule is COc1cccc(NC(=O)N2CCN(c3ccc4c(c3)OCO4)CC2)c1. The largest absolute Gasteiger partial charge is 0.497 e. The molecular weight excluding hydrogens is 334 g/mol. The van der Waals surface area contributed by atoms with E-state index in [0.717, 1.165) is 41.7 Å². The Morgan fingerprint density at radius 2 is 1.85 bits per heavy atom. The molecule has 1 fully saturated rings. The monoisotopic (exact) mass is 355 g/mol. The normalized spacial score (nSPS) is 15.7. The molecule has 0 bridgehead atoms. The Kier molecular flexibility index (Phi) is 4.43. The molecule has 0 atom stereocenters. The molecule has 0 spiro atoms. The fraction of sp³-hybridized carbons (Fsp3) is 0.316. The Labute approximate surface area is 152 Å². The Morgan fingerprint density at radius 1 is 1.04 bits per heavy atom. The van der Waals surface area contributed by atoms with E-state index in [2.05, 4.69) is 10.2 Å². The van der Waals surface area contributed by atoms with Crippen molar-refractivity contribution < 1.29 is 19.0 Å². The second kappa shape index (κ2) is 7.03. The third kappa shape index (κ3) is 3.33. The van der Waals surface area contributed by atoms with Gasteiger partial charge in [0, 0.05) is 49.7 Å². The van der Waals surface area contributed by atoms with Crippen LogP contribution < -0.4 is 24.4 Å². The summed E-state index contributed by atoms with van der Waals surface area (Å²) in [7, 11) is 1.61. The smallest absolute Gasteiger partial charge is 0.321 e. The van der Waals surface area contributed by atoms with Gasteiger partial charge in [0.2, 0.25) is 6.79 Å². The number of piperazine rings is 1. The number of carbonyl (C=O) groups is 1. The van der Waals surface area contributed by atoms with Gasteiger partial charge in [0.1, 0.15) is 5.75 Å². The number of anilines is 2. The van der Waals surface area contributed by atoms with Crippen LogP contribution in [0.1, 0.15) is 0 Å². The molecule has 0 aliphatic carbocycles. The van der Waals surface area contributed by atoms with Gasteiger partial charge in [0.15, 0.2) is 11.5 Å². The van der Waals surface area contributed by atoms with Crippen molar-refractivity contribution >= 4 is 17.4 Å². The van der Waals surface area contributed by atoms with E-state index in [0.29, 0.717) is 13.1 Å². The van der Waals surface area contributed by atoms with Crippen LogP contribution in [-0.2, 0) is 0 Å². The minimum absolute atomic E-state index is 0.0939. The van der Waals surface area contributed by atoms with E-state index < -0.39 is 0 Å². The van der Waals surface area contributed by atoms with Crippen LogP contribution in [0.4, 0.5) is 16.2 Å². The minimum atomic E-state index is -0.0939. The molecule has 2 aliphatic rings. The molecule has 136 valence electrons. The number of rotatable bonds is 3. The van der Waals surface area contributed by atoms with Crippen molar-refractivity contribution in [3.05, 3.63) is 42.5 Å². The molecule has 0 saturated carbocycles. The topological polar surface area (TPSA) is 63.3 Å². The Hall–Kier alpha value is -3.09. The number of hydrogen-bond acceptors (Lipinski definition) is 5. The molecule has 2 aliphatic heterocycles. The first-order chi connectivity index (χ1) is 12.7. The van der Waals surface area contributed by atoms with E-state index in [4.69, 9.17) is 14.2 Å². The lowest BCUT2D eigenvalue weighted by atomic mass is 10.2. The lowest BCUT2D eigenvalue weighted by Crippen LogP contribution is -2.50. The van der Waals surface area contributed by atoms with E-state index in [9.17, 15) is 4.79 Å². The fourth-order valence-electron chi connectivity index (χ4n) is 3.15. The number of amides is 2. The van der Waals surface area contributed by atoms with Crippen LogP contribution in [0.25, 0.3) is 0 Å². The van der Waals surface area contributed by atoms with E-state index in [-0.39, 0.29) is 12.8 Å². The highest BCUT2D eigenvalue weighted by Crippen LogP contribution is 2.35. The van der Waals surface area contributed by atoms with Gasteiger partial charge in [-0.2, -0.15) is 0 Å². The maximum atomic E-state index is 12.5. The zero-order valence-corrected chi connectivity index (χ0v) is 14.6. The molecular formula is C19H21N3O4. The van der Waals surface area contributed by atoms with Gasteiger partial charge in [-0.1, -0.05) is 6.07 Å². The van der Waals surface area contributed by atoms with Gasteiger partial charge in [0.25, 0.3) is 0 Å². The molecule has 26 heavy (non-hydrogen) atoms. The standard InChI is InChI=1S/C19H21N3O4/c1-24-16-4-2-3-14(11-16)20-19(23)22-9-7-21(8-10-22)15-5-6-17-18(12-15)26-13-25-17/h2-6,11-12H,7-10,13H2,1H3,(H,20,23). The highest BCUT2D eigenvalue weighted by Gasteiger charge is 2.23. The number of ether oxygens (including phenoxy) is 3. The summed E-state index contributed by atoms with van der Waals surface area (Å²) in [6.45, 7) is 3.13. The zero-order valence-electron chi connectivity index (χ0n) is 14.6. The van der Waals surface area contributed by atoms with Crippen molar-refractivity contribution in [3.8, 4) is 17.2 Å². The molecule has 0 radical (unpaired) electrons. The van der Waals surface area contributed by atoms with Gasteiger partial charge >= 0.3 is 6.03 Å². The van der Waals surface area contributed by atoms with Crippen molar-refractivity contribution in [3.63, 3.8) is 0 Å². The van der Waals surface area contributed by atoms with Crippen LogP contribution >= 0.6 is 0 Å². The number of fused-ring (bicyclic) bond motifs is 1. The summed E-state index contributed by atoms with van der Waals surface area (Å²) in [5, 5.41) is 2.93. The van der Waals surface area contributed by atoms with E-state index in [1.807, 2.05) is 41.3 Å². The maximum absolute atomic E-state index is 12.5. The summed E-state index contributed by atoms with van der Waals surface area (Å²) in [6, 6.07) is 13.2. The van der Waals surface area contributed by atoms with Crippen LogP contribution in [0.5, 0.6) is 17.2 Å². The second-order valence-electron chi connectivity index (χ2n) is 6.17. The van der Waals surface area contributed by atoms with Crippen LogP contribution in [0.3, 0.4) is 0 Å². The van der Waals surface area contributed by atoms with Crippen LogP contribution in [-0.4, -0.2) is 51.0 Å². The molecule has 0 unspecified atom stereocenters. The average Bonchev–Trinajstić information content (AvgIpc) is 3.16. The molecule has 7 nitrogen and oxygen atoms in total. The summed E-state index contributed by atoms with van der Waals surface area (Å²) < 4.78 is 16.0. The third-order valence-electron chi connectivity index (χ3n) is 4.61. The van der Waals surface area contributed by atoms with Gasteiger partial charge < -0.3 is 29.3 Å². The number of nitrogens with one attached hydrogen (secondary N) is 1. The first-order valence-electron chi connectivity index (χ1n) is 8.57. The summed E-state index contributed by atoms with van der Waals surface area (Å²) in [5.41, 5.74) is 1.81. The molecule has 2 aromatic carbocycles. The van der Waals surface area contributed by atoms with Crippen molar-refractivity contribution in [2.45, 2.75) is 0 Å². The van der Waals surface area contributed by atoms with Crippen molar-refractivity contribution in [2.24, 2.45) is 0 Å².